The van der Waals surface area contributed by atoms with Crippen LogP contribution in [0.2, 0.25) is 10.0 Å². The monoisotopic (exact) mass is 458 g/mol. The van der Waals surface area contributed by atoms with E-state index >= 15 is 0 Å². The number of nitrogens with zero attached hydrogens (tertiary/aromatic N) is 1. The molecule has 0 bridgehead atoms. The van der Waals surface area contributed by atoms with Crippen LogP contribution in [0.3, 0.4) is 0 Å². The number of aromatic hydroxyl groups is 1. The molecule has 0 aromatic heterocycles. The Morgan fingerprint density at radius 2 is 1.65 bits per heavy atom. The molecule has 3 rings (SSSR count). The second-order valence-corrected chi connectivity index (χ2v) is 6.97. The Morgan fingerprint density at radius 1 is 0.968 bits per heavy atom. The number of halogens is 2. The van der Waals surface area contributed by atoms with Gasteiger partial charge in [0.25, 0.3) is 5.91 Å². The van der Waals surface area contributed by atoms with Gasteiger partial charge < -0.3 is 14.6 Å². The van der Waals surface area contributed by atoms with Crippen LogP contribution in [0.1, 0.15) is 26.3 Å². The average molecular weight is 459 g/mol. The summed E-state index contributed by atoms with van der Waals surface area (Å²) < 4.78 is 10.7. The van der Waals surface area contributed by atoms with Crippen LogP contribution < -0.4 is 14.9 Å². The smallest absolute Gasteiger partial charge is 0.343 e. The zero-order chi connectivity index (χ0) is 22.4. The molecule has 7 nitrogen and oxygen atoms in total. The lowest BCUT2D eigenvalue weighted by molar-refractivity contribution is 0.0729. The van der Waals surface area contributed by atoms with Gasteiger partial charge in [-0.2, -0.15) is 5.10 Å². The van der Waals surface area contributed by atoms with Crippen molar-refractivity contribution in [1.82, 2.24) is 5.43 Å². The first-order valence-electron chi connectivity index (χ1n) is 8.85. The fourth-order valence-corrected chi connectivity index (χ4v) is 3.00. The van der Waals surface area contributed by atoms with Crippen molar-refractivity contribution in [2.75, 3.05) is 7.11 Å². The van der Waals surface area contributed by atoms with Crippen LogP contribution >= 0.6 is 23.2 Å². The van der Waals surface area contributed by atoms with Gasteiger partial charge in [-0.25, -0.2) is 10.2 Å². The zero-order valence-electron chi connectivity index (χ0n) is 16.1. The van der Waals surface area contributed by atoms with Gasteiger partial charge in [0.05, 0.1) is 28.9 Å². The van der Waals surface area contributed by atoms with Gasteiger partial charge in [-0.3, -0.25) is 4.79 Å². The summed E-state index contributed by atoms with van der Waals surface area (Å²) >= 11 is 11.6. The molecule has 0 fully saturated rings. The summed E-state index contributed by atoms with van der Waals surface area (Å²) in [5.41, 5.74) is 3.45. The van der Waals surface area contributed by atoms with Gasteiger partial charge in [-0.15, -0.1) is 0 Å². The van der Waals surface area contributed by atoms with Crippen molar-refractivity contribution in [3.63, 3.8) is 0 Å². The third kappa shape index (κ3) is 5.53. The predicted octanol–water partition coefficient (Wildman–Crippen LogP) is 4.69. The number of nitrogens with one attached hydrogen (secondary N) is 1. The van der Waals surface area contributed by atoms with Gasteiger partial charge in [-0.05, 0) is 48.0 Å². The molecule has 0 saturated heterocycles. The van der Waals surface area contributed by atoms with Crippen LogP contribution in [0.4, 0.5) is 0 Å². The van der Waals surface area contributed by atoms with Gasteiger partial charge in [-0.1, -0.05) is 41.4 Å². The summed E-state index contributed by atoms with van der Waals surface area (Å²) in [5.74, 6) is -0.828. The molecular weight excluding hydrogens is 443 g/mol. The minimum absolute atomic E-state index is 0.0491. The minimum atomic E-state index is -0.569. The summed E-state index contributed by atoms with van der Waals surface area (Å²) in [6, 6.07) is 15.9. The normalized spacial score (nSPS) is 10.7. The van der Waals surface area contributed by atoms with E-state index in [2.05, 4.69) is 10.5 Å². The Morgan fingerprint density at radius 3 is 2.29 bits per heavy atom. The van der Waals surface area contributed by atoms with E-state index in [-0.39, 0.29) is 27.1 Å². The Labute approximate surface area is 187 Å². The number of ether oxygens (including phenoxy) is 2. The molecule has 158 valence electrons. The number of carbonyl (C=O) groups excluding carboxylic acids is 2. The van der Waals surface area contributed by atoms with Crippen LogP contribution in [0.5, 0.6) is 17.2 Å². The molecule has 0 heterocycles. The molecule has 0 radical (unpaired) electrons. The van der Waals surface area contributed by atoms with Crippen LogP contribution in [0, 0.1) is 0 Å². The topological polar surface area (TPSA) is 97.2 Å². The third-order valence-electron chi connectivity index (χ3n) is 4.06. The highest BCUT2D eigenvalue weighted by Crippen LogP contribution is 2.32. The standard InChI is InChI=1S/C22H16Cl2N2O5/c1-30-19-9-13(7-8-18(19)31-22(29)14-5-3-2-4-6-14)12-25-26-21(28)15-10-16(23)20(27)17(24)11-15/h2-12,27H,1H3,(H,26,28). The molecule has 0 unspecified atom stereocenters. The van der Waals surface area contributed by atoms with E-state index in [9.17, 15) is 14.7 Å². The molecule has 3 aromatic carbocycles. The summed E-state index contributed by atoms with van der Waals surface area (Å²) in [6.45, 7) is 0. The van der Waals surface area contributed by atoms with E-state index in [0.717, 1.165) is 0 Å². The number of rotatable bonds is 6. The molecule has 1 amide bonds. The third-order valence-corrected chi connectivity index (χ3v) is 4.63. The maximum Gasteiger partial charge on any atom is 0.343 e. The van der Waals surface area contributed by atoms with Gasteiger partial charge in [0.15, 0.2) is 17.2 Å². The number of amides is 1. The minimum Gasteiger partial charge on any atom is -0.505 e. The number of esters is 1. The number of methoxy groups -OCH3 is 1. The van der Waals surface area contributed by atoms with E-state index in [0.29, 0.717) is 16.9 Å². The number of hydrazone groups is 1. The molecule has 0 atom stereocenters. The van der Waals surface area contributed by atoms with Crippen LogP contribution in [0.25, 0.3) is 0 Å². The summed E-state index contributed by atoms with van der Waals surface area (Å²) in [4.78, 5) is 24.4. The summed E-state index contributed by atoms with van der Waals surface area (Å²) in [7, 11) is 1.44. The number of phenolic OH excluding ortho intramolecular Hbond substituents is 1. The molecule has 0 aliphatic rings. The van der Waals surface area contributed by atoms with Crippen molar-refractivity contribution in [3.05, 3.63) is 87.4 Å². The first kappa shape index (κ1) is 22.1. The van der Waals surface area contributed by atoms with E-state index in [1.54, 1.807) is 48.5 Å². The van der Waals surface area contributed by atoms with E-state index in [4.69, 9.17) is 32.7 Å². The van der Waals surface area contributed by atoms with Crippen LogP contribution in [-0.4, -0.2) is 30.3 Å². The second-order valence-electron chi connectivity index (χ2n) is 6.15. The number of phenols is 1. The number of benzene rings is 3. The van der Waals surface area contributed by atoms with Crippen molar-refractivity contribution in [2.45, 2.75) is 0 Å². The van der Waals surface area contributed by atoms with E-state index in [1.807, 2.05) is 0 Å². The molecule has 0 spiro atoms. The Bertz CT molecular complexity index is 1130. The zero-order valence-corrected chi connectivity index (χ0v) is 17.6. The van der Waals surface area contributed by atoms with Crippen molar-refractivity contribution in [1.29, 1.82) is 0 Å². The van der Waals surface area contributed by atoms with Crippen molar-refractivity contribution >= 4 is 41.3 Å². The quantitative estimate of drug-likeness (QED) is 0.241. The van der Waals surface area contributed by atoms with E-state index in [1.165, 1.54) is 25.5 Å². The Hall–Kier alpha value is -3.55. The molecular formula is C22H16Cl2N2O5. The molecule has 31 heavy (non-hydrogen) atoms. The molecule has 2 N–H and O–H groups in total. The fourth-order valence-electron chi connectivity index (χ4n) is 2.51. The largest absolute Gasteiger partial charge is 0.505 e. The number of hydrogen-bond donors (Lipinski definition) is 2. The summed E-state index contributed by atoms with van der Waals surface area (Å²) in [6.07, 6.45) is 1.38. The fraction of sp³-hybridized carbons (Fsp3) is 0.0455. The molecule has 0 saturated carbocycles. The summed E-state index contributed by atoms with van der Waals surface area (Å²) in [5, 5.41) is 13.3. The maximum absolute atomic E-state index is 12.2. The first-order valence-corrected chi connectivity index (χ1v) is 9.61. The number of carbonyl (C=O) groups is 2. The van der Waals surface area contributed by atoms with Crippen molar-refractivity contribution in [2.24, 2.45) is 5.10 Å². The van der Waals surface area contributed by atoms with Gasteiger partial charge in [0, 0.05) is 5.56 Å². The first-order chi connectivity index (χ1) is 14.9. The van der Waals surface area contributed by atoms with Crippen molar-refractivity contribution in [3.8, 4) is 17.2 Å². The lowest BCUT2D eigenvalue weighted by atomic mass is 10.2. The van der Waals surface area contributed by atoms with E-state index < -0.39 is 11.9 Å². The average Bonchev–Trinajstić information content (AvgIpc) is 2.78. The van der Waals surface area contributed by atoms with Gasteiger partial charge in [0.1, 0.15) is 0 Å². The molecule has 0 aliphatic heterocycles. The highest BCUT2D eigenvalue weighted by Gasteiger charge is 2.13. The van der Waals surface area contributed by atoms with Gasteiger partial charge in [0.2, 0.25) is 0 Å². The van der Waals surface area contributed by atoms with Gasteiger partial charge >= 0.3 is 5.97 Å². The second kappa shape index (κ2) is 9.97. The number of hydrogen-bond acceptors (Lipinski definition) is 6. The highest BCUT2D eigenvalue weighted by molar-refractivity contribution is 6.37. The SMILES string of the molecule is COc1cc(C=NNC(=O)c2cc(Cl)c(O)c(Cl)c2)ccc1OC(=O)c1ccccc1. The predicted molar refractivity (Wildman–Crippen MR) is 118 cm³/mol. The lowest BCUT2D eigenvalue weighted by Crippen LogP contribution is -2.17. The molecule has 3 aromatic rings. The molecule has 9 heteroatoms. The highest BCUT2D eigenvalue weighted by atomic mass is 35.5. The van der Waals surface area contributed by atoms with Crippen molar-refractivity contribution < 1.29 is 24.2 Å². The Balaban J connectivity index is 1.69. The Kier molecular flexibility index (Phi) is 7.12. The molecule has 0 aliphatic carbocycles. The maximum atomic E-state index is 12.2. The van der Waals surface area contributed by atoms with Crippen LogP contribution in [0.15, 0.2) is 65.8 Å². The van der Waals surface area contributed by atoms with Crippen LogP contribution in [-0.2, 0) is 0 Å². The lowest BCUT2D eigenvalue weighted by Gasteiger charge is -2.10.